The zero-order chi connectivity index (χ0) is 12.4. The predicted molar refractivity (Wildman–Crippen MR) is 72.6 cm³/mol. The fourth-order valence-corrected chi connectivity index (χ4v) is 2.86. The molecule has 4 heteroatoms. The summed E-state index contributed by atoms with van der Waals surface area (Å²) < 4.78 is 5.44. The van der Waals surface area contributed by atoms with Crippen molar-refractivity contribution in [2.45, 2.75) is 19.3 Å². The Labute approximate surface area is 107 Å². The third-order valence-electron chi connectivity index (χ3n) is 3.75. The van der Waals surface area contributed by atoms with Crippen LogP contribution in [0.2, 0.25) is 0 Å². The number of pyridine rings is 1. The van der Waals surface area contributed by atoms with Crippen LogP contribution in [0.1, 0.15) is 19.3 Å². The molecule has 1 aliphatic rings. The molecule has 2 aromatic heterocycles. The van der Waals surface area contributed by atoms with E-state index in [-0.39, 0.29) is 0 Å². The molecule has 0 aliphatic carbocycles. The molecule has 4 nitrogen and oxygen atoms in total. The van der Waals surface area contributed by atoms with E-state index < -0.39 is 0 Å². The van der Waals surface area contributed by atoms with Crippen LogP contribution in [0.3, 0.4) is 0 Å². The zero-order valence-electron chi connectivity index (χ0n) is 10.5. The first kappa shape index (κ1) is 11.5. The van der Waals surface area contributed by atoms with E-state index in [1.807, 2.05) is 18.3 Å². The van der Waals surface area contributed by atoms with Crippen LogP contribution in [0.25, 0.3) is 11.0 Å². The molecule has 0 aromatic carbocycles. The van der Waals surface area contributed by atoms with Crippen molar-refractivity contribution in [2.24, 2.45) is 11.7 Å². The average molecular weight is 245 g/mol. The molecule has 3 rings (SSSR count). The third kappa shape index (κ3) is 2.08. The van der Waals surface area contributed by atoms with Gasteiger partial charge in [-0.05, 0) is 43.9 Å². The first-order valence-electron chi connectivity index (χ1n) is 6.65. The first-order valence-corrected chi connectivity index (χ1v) is 6.65. The molecule has 1 unspecified atom stereocenters. The van der Waals surface area contributed by atoms with Crippen molar-refractivity contribution in [3.05, 3.63) is 24.6 Å². The number of hydrogen-bond acceptors (Lipinski definition) is 4. The highest BCUT2D eigenvalue weighted by Crippen LogP contribution is 2.29. The Morgan fingerprint density at radius 1 is 1.44 bits per heavy atom. The van der Waals surface area contributed by atoms with E-state index in [2.05, 4.69) is 9.88 Å². The van der Waals surface area contributed by atoms with Gasteiger partial charge in [0.15, 0.2) is 0 Å². The highest BCUT2D eigenvalue weighted by atomic mass is 16.3. The lowest BCUT2D eigenvalue weighted by molar-refractivity contribution is 0.395. The highest BCUT2D eigenvalue weighted by Gasteiger charge is 2.22. The maximum absolute atomic E-state index is 5.67. The minimum absolute atomic E-state index is 0.702. The molecule has 96 valence electrons. The van der Waals surface area contributed by atoms with Crippen LogP contribution in [-0.2, 0) is 0 Å². The number of fused-ring (bicyclic) bond motifs is 1. The fraction of sp³-hybridized carbons (Fsp3) is 0.500. The zero-order valence-corrected chi connectivity index (χ0v) is 10.5. The Morgan fingerprint density at radius 3 is 3.28 bits per heavy atom. The molecule has 0 saturated carbocycles. The summed E-state index contributed by atoms with van der Waals surface area (Å²) in [5.74, 6) is 1.76. The van der Waals surface area contributed by atoms with E-state index in [4.69, 9.17) is 10.2 Å². The van der Waals surface area contributed by atoms with Crippen molar-refractivity contribution >= 4 is 16.8 Å². The molecule has 2 N–H and O–H groups in total. The monoisotopic (exact) mass is 245 g/mol. The molecule has 1 aliphatic heterocycles. The molecular formula is C14H19N3O. The number of rotatable bonds is 3. The van der Waals surface area contributed by atoms with E-state index in [9.17, 15) is 0 Å². The standard InChI is InChI=1S/C14H19N3O/c15-6-3-11-2-1-8-17(10-11)14-12-5-9-18-13(12)4-7-16-14/h4-5,7,9,11H,1-3,6,8,10,15H2. The van der Waals surface area contributed by atoms with E-state index in [0.29, 0.717) is 5.92 Å². The summed E-state index contributed by atoms with van der Waals surface area (Å²) in [6, 6.07) is 3.92. The van der Waals surface area contributed by atoms with Gasteiger partial charge < -0.3 is 15.1 Å². The number of furan rings is 1. The minimum Gasteiger partial charge on any atom is -0.464 e. The summed E-state index contributed by atoms with van der Waals surface area (Å²) in [7, 11) is 0. The van der Waals surface area contributed by atoms with Gasteiger partial charge in [0.2, 0.25) is 0 Å². The summed E-state index contributed by atoms with van der Waals surface area (Å²) in [6.45, 7) is 2.93. The summed E-state index contributed by atoms with van der Waals surface area (Å²) in [5, 5.41) is 1.12. The van der Waals surface area contributed by atoms with Gasteiger partial charge in [0, 0.05) is 19.3 Å². The van der Waals surface area contributed by atoms with Crippen molar-refractivity contribution in [1.82, 2.24) is 4.98 Å². The van der Waals surface area contributed by atoms with E-state index >= 15 is 0 Å². The van der Waals surface area contributed by atoms with Crippen molar-refractivity contribution in [2.75, 3.05) is 24.5 Å². The Morgan fingerprint density at radius 2 is 2.39 bits per heavy atom. The number of nitrogens with zero attached hydrogens (tertiary/aromatic N) is 2. The van der Waals surface area contributed by atoms with Gasteiger partial charge in [0.05, 0.1) is 11.6 Å². The summed E-state index contributed by atoms with van der Waals surface area (Å²) in [5.41, 5.74) is 6.59. The summed E-state index contributed by atoms with van der Waals surface area (Å²) in [4.78, 5) is 6.91. The second kappa shape index (κ2) is 4.98. The molecule has 0 radical (unpaired) electrons. The number of hydrogen-bond donors (Lipinski definition) is 1. The highest BCUT2D eigenvalue weighted by molar-refractivity contribution is 5.88. The van der Waals surface area contributed by atoms with Crippen LogP contribution in [0.5, 0.6) is 0 Å². The van der Waals surface area contributed by atoms with Crippen LogP contribution in [0, 0.1) is 5.92 Å². The van der Waals surface area contributed by atoms with Crippen LogP contribution in [0.15, 0.2) is 29.0 Å². The van der Waals surface area contributed by atoms with Crippen LogP contribution in [0.4, 0.5) is 5.82 Å². The normalized spacial score (nSPS) is 20.5. The van der Waals surface area contributed by atoms with Gasteiger partial charge in [-0.15, -0.1) is 0 Å². The van der Waals surface area contributed by atoms with E-state index in [1.54, 1.807) is 6.26 Å². The van der Waals surface area contributed by atoms with Gasteiger partial charge in [-0.25, -0.2) is 4.98 Å². The first-order chi connectivity index (χ1) is 8.88. The molecule has 0 bridgehead atoms. The second-order valence-electron chi connectivity index (χ2n) is 5.00. The van der Waals surface area contributed by atoms with Gasteiger partial charge in [-0.2, -0.15) is 0 Å². The van der Waals surface area contributed by atoms with Gasteiger partial charge in [0.1, 0.15) is 11.4 Å². The number of aromatic nitrogens is 1. The Hall–Kier alpha value is -1.55. The Kier molecular flexibility index (Phi) is 3.19. The summed E-state index contributed by atoms with van der Waals surface area (Å²) in [6.07, 6.45) is 7.18. The smallest absolute Gasteiger partial charge is 0.139 e. The largest absolute Gasteiger partial charge is 0.464 e. The van der Waals surface area contributed by atoms with Crippen molar-refractivity contribution < 1.29 is 4.42 Å². The molecule has 1 saturated heterocycles. The van der Waals surface area contributed by atoms with E-state index in [1.165, 1.54) is 12.8 Å². The third-order valence-corrected chi connectivity index (χ3v) is 3.75. The SMILES string of the molecule is NCCC1CCCN(c2nccc3occc23)C1. The molecule has 1 atom stereocenters. The fourth-order valence-electron chi connectivity index (χ4n) is 2.86. The lowest BCUT2D eigenvalue weighted by atomic mass is 9.95. The topological polar surface area (TPSA) is 55.3 Å². The Balaban J connectivity index is 1.87. The maximum atomic E-state index is 5.67. The van der Waals surface area contributed by atoms with Crippen molar-refractivity contribution in [3.8, 4) is 0 Å². The molecule has 3 heterocycles. The number of piperidine rings is 1. The molecular weight excluding hydrogens is 226 g/mol. The van der Waals surface area contributed by atoms with Crippen molar-refractivity contribution in [1.29, 1.82) is 0 Å². The van der Waals surface area contributed by atoms with Crippen LogP contribution < -0.4 is 10.6 Å². The average Bonchev–Trinajstić information content (AvgIpc) is 2.87. The molecule has 0 amide bonds. The molecule has 2 aromatic rings. The lowest BCUT2D eigenvalue weighted by Crippen LogP contribution is -2.36. The number of nitrogens with two attached hydrogens (primary N) is 1. The maximum Gasteiger partial charge on any atom is 0.139 e. The van der Waals surface area contributed by atoms with Gasteiger partial charge >= 0.3 is 0 Å². The quantitative estimate of drug-likeness (QED) is 0.902. The predicted octanol–water partition coefficient (Wildman–Crippen LogP) is 2.39. The number of anilines is 1. The minimum atomic E-state index is 0.702. The van der Waals surface area contributed by atoms with E-state index in [0.717, 1.165) is 42.8 Å². The van der Waals surface area contributed by atoms with Crippen LogP contribution >= 0.6 is 0 Å². The second-order valence-corrected chi connectivity index (χ2v) is 5.00. The van der Waals surface area contributed by atoms with Gasteiger partial charge in [0.25, 0.3) is 0 Å². The van der Waals surface area contributed by atoms with Crippen LogP contribution in [-0.4, -0.2) is 24.6 Å². The summed E-state index contributed by atoms with van der Waals surface area (Å²) >= 11 is 0. The molecule has 18 heavy (non-hydrogen) atoms. The van der Waals surface area contributed by atoms with Gasteiger partial charge in [-0.1, -0.05) is 0 Å². The Bertz CT molecular complexity index is 520. The van der Waals surface area contributed by atoms with Crippen molar-refractivity contribution in [3.63, 3.8) is 0 Å². The van der Waals surface area contributed by atoms with Gasteiger partial charge in [-0.3, -0.25) is 0 Å². The molecule has 1 fully saturated rings. The molecule has 0 spiro atoms. The lowest BCUT2D eigenvalue weighted by Gasteiger charge is -2.33.